The van der Waals surface area contributed by atoms with Crippen LogP contribution in [-0.4, -0.2) is 11.1 Å². The molecule has 0 saturated heterocycles. The molecule has 92 valence electrons. The summed E-state index contributed by atoms with van der Waals surface area (Å²) in [6.45, 7) is 4.13. The fourth-order valence-corrected chi connectivity index (χ4v) is 2.77. The number of aryl methyl sites for hydroxylation is 1. The van der Waals surface area contributed by atoms with E-state index in [1.165, 1.54) is 29.7 Å². The molecule has 0 spiro atoms. The Kier molecular flexibility index (Phi) is 3.97. The van der Waals surface area contributed by atoms with Gasteiger partial charge in [-0.05, 0) is 30.7 Å². The Morgan fingerprint density at radius 2 is 2.24 bits per heavy atom. The lowest BCUT2D eigenvalue weighted by Gasteiger charge is -2.04. The number of nitrogens with zero attached hydrogens (tertiary/aromatic N) is 1. The summed E-state index contributed by atoms with van der Waals surface area (Å²) in [6.07, 6.45) is 2.42. The van der Waals surface area contributed by atoms with E-state index in [0.717, 1.165) is 23.3 Å². The minimum absolute atomic E-state index is 0.107. The average Bonchev–Trinajstić information content (AvgIpc) is 2.61. The van der Waals surface area contributed by atoms with Gasteiger partial charge in [0.2, 0.25) is 0 Å². The highest BCUT2D eigenvalue weighted by Crippen LogP contribution is 2.18. The van der Waals surface area contributed by atoms with Crippen molar-refractivity contribution >= 4 is 21.6 Å². The number of rotatable bonds is 5. The zero-order valence-corrected chi connectivity index (χ0v) is 11.1. The molecule has 2 rings (SSSR count). The third-order valence-corrected chi connectivity index (χ3v) is 3.89. The van der Waals surface area contributed by atoms with Crippen LogP contribution in [0.15, 0.2) is 23.0 Å². The van der Waals surface area contributed by atoms with Crippen LogP contribution < -0.4 is 10.2 Å². The minimum Gasteiger partial charge on any atom is -0.313 e. The van der Waals surface area contributed by atoms with Crippen molar-refractivity contribution in [3.05, 3.63) is 33.4 Å². The summed E-state index contributed by atoms with van der Waals surface area (Å²) in [6, 6.07) is 6.23. The van der Waals surface area contributed by atoms with Crippen molar-refractivity contribution in [3.8, 4) is 0 Å². The molecule has 3 nitrogen and oxygen atoms in total. The summed E-state index contributed by atoms with van der Waals surface area (Å²) in [5.41, 5.74) is 2.27. The van der Waals surface area contributed by atoms with Crippen LogP contribution in [0.1, 0.15) is 25.3 Å². The SMILES string of the molecule is CCCCNCc1ccc2c(c1)sc(=O)n2C. The number of benzene rings is 1. The van der Waals surface area contributed by atoms with Gasteiger partial charge in [0.15, 0.2) is 0 Å². The molecule has 1 aromatic heterocycles. The Hall–Kier alpha value is -1.13. The van der Waals surface area contributed by atoms with Crippen LogP contribution in [0.2, 0.25) is 0 Å². The normalized spacial score (nSPS) is 11.2. The summed E-state index contributed by atoms with van der Waals surface area (Å²) in [7, 11) is 1.82. The molecule has 17 heavy (non-hydrogen) atoms. The zero-order chi connectivity index (χ0) is 12.3. The molecule has 0 bridgehead atoms. The molecule has 0 fully saturated rings. The highest BCUT2D eigenvalue weighted by molar-refractivity contribution is 7.16. The van der Waals surface area contributed by atoms with Crippen molar-refractivity contribution in [1.82, 2.24) is 9.88 Å². The van der Waals surface area contributed by atoms with Gasteiger partial charge in [-0.25, -0.2) is 0 Å². The lowest BCUT2D eigenvalue weighted by atomic mass is 10.2. The van der Waals surface area contributed by atoms with Crippen LogP contribution in [0.25, 0.3) is 10.2 Å². The number of hydrogen-bond acceptors (Lipinski definition) is 3. The maximum atomic E-state index is 11.5. The molecular formula is C13H18N2OS. The molecule has 0 radical (unpaired) electrons. The van der Waals surface area contributed by atoms with Crippen LogP contribution >= 0.6 is 11.3 Å². The number of nitrogens with one attached hydrogen (secondary N) is 1. The van der Waals surface area contributed by atoms with Crippen molar-refractivity contribution in [2.24, 2.45) is 7.05 Å². The van der Waals surface area contributed by atoms with Crippen LogP contribution in [0.4, 0.5) is 0 Å². The maximum absolute atomic E-state index is 11.5. The average molecular weight is 250 g/mol. The van der Waals surface area contributed by atoms with E-state index >= 15 is 0 Å². The summed E-state index contributed by atoms with van der Waals surface area (Å²) >= 11 is 1.32. The molecule has 0 aliphatic carbocycles. The molecule has 1 heterocycles. The number of hydrogen-bond donors (Lipinski definition) is 1. The maximum Gasteiger partial charge on any atom is 0.307 e. The van der Waals surface area contributed by atoms with E-state index in [0.29, 0.717) is 0 Å². The molecule has 2 aromatic rings. The monoisotopic (exact) mass is 250 g/mol. The van der Waals surface area contributed by atoms with Crippen molar-refractivity contribution in [2.45, 2.75) is 26.3 Å². The number of aromatic nitrogens is 1. The first-order valence-corrected chi connectivity index (χ1v) is 6.83. The molecule has 4 heteroatoms. The third kappa shape index (κ3) is 2.76. The van der Waals surface area contributed by atoms with Gasteiger partial charge in [0, 0.05) is 13.6 Å². The second-order valence-electron chi connectivity index (χ2n) is 4.26. The fraction of sp³-hybridized carbons (Fsp3) is 0.462. The number of fused-ring (bicyclic) bond motifs is 1. The molecule has 0 unspecified atom stereocenters. The molecule has 1 N–H and O–H groups in total. The van der Waals surface area contributed by atoms with E-state index < -0.39 is 0 Å². The van der Waals surface area contributed by atoms with Crippen molar-refractivity contribution < 1.29 is 0 Å². The highest BCUT2D eigenvalue weighted by atomic mass is 32.1. The van der Waals surface area contributed by atoms with Gasteiger partial charge in [-0.3, -0.25) is 4.79 Å². The Morgan fingerprint density at radius 1 is 1.41 bits per heavy atom. The summed E-state index contributed by atoms with van der Waals surface area (Å²) in [5.74, 6) is 0. The Bertz CT molecular complexity index is 556. The third-order valence-electron chi connectivity index (χ3n) is 2.89. The first kappa shape index (κ1) is 12.3. The second kappa shape index (κ2) is 5.47. The van der Waals surface area contributed by atoms with Crippen molar-refractivity contribution in [3.63, 3.8) is 0 Å². The van der Waals surface area contributed by atoms with Crippen LogP contribution in [0, 0.1) is 0 Å². The first-order chi connectivity index (χ1) is 8.22. The van der Waals surface area contributed by atoms with Crippen LogP contribution in [0.5, 0.6) is 0 Å². The lowest BCUT2D eigenvalue weighted by molar-refractivity contribution is 0.642. The predicted octanol–water partition coefficient (Wildman–Crippen LogP) is 2.49. The van der Waals surface area contributed by atoms with Crippen molar-refractivity contribution in [1.29, 1.82) is 0 Å². The van der Waals surface area contributed by atoms with E-state index in [2.05, 4.69) is 24.4 Å². The van der Waals surface area contributed by atoms with Gasteiger partial charge in [-0.2, -0.15) is 0 Å². The summed E-state index contributed by atoms with van der Waals surface area (Å²) in [5, 5.41) is 3.41. The van der Waals surface area contributed by atoms with Gasteiger partial charge in [-0.1, -0.05) is 30.7 Å². The largest absolute Gasteiger partial charge is 0.313 e. The first-order valence-electron chi connectivity index (χ1n) is 6.01. The van der Waals surface area contributed by atoms with Gasteiger partial charge in [-0.15, -0.1) is 0 Å². The smallest absolute Gasteiger partial charge is 0.307 e. The van der Waals surface area contributed by atoms with Gasteiger partial charge in [0.05, 0.1) is 10.2 Å². The standard InChI is InChI=1S/C13H18N2OS/c1-3-4-7-14-9-10-5-6-11-12(8-10)17-13(16)15(11)2/h5-6,8,14H,3-4,7,9H2,1-2H3. The molecule has 0 saturated carbocycles. The quantitative estimate of drug-likeness (QED) is 0.827. The van der Waals surface area contributed by atoms with Gasteiger partial charge in [0.25, 0.3) is 0 Å². The lowest BCUT2D eigenvalue weighted by Crippen LogP contribution is -2.14. The topological polar surface area (TPSA) is 34.0 Å². The zero-order valence-electron chi connectivity index (χ0n) is 10.3. The summed E-state index contributed by atoms with van der Waals surface area (Å²) < 4.78 is 2.78. The van der Waals surface area contributed by atoms with E-state index in [1.54, 1.807) is 4.57 Å². The van der Waals surface area contributed by atoms with Crippen LogP contribution in [-0.2, 0) is 13.6 Å². The second-order valence-corrected chi connectivity index (χ2v) is 5.25. The Morgan fingerprint density at radius 3 is 3.00 bits per heavy atom. The fourth-order valence-electron chi connectivity index (χ4n) is 1.82. The molecule has 1 aromatic carbocycles. The minimum atomic E-state index is 0.107. The van der Waals surface area contributed by atoms with Gasteiger partial charge < -0.3 is 9.88 Å². The number of unbranched alkanes of at least 4 members (excludes halogenated alkanes) is 1. The highest BCUT2D eigenvalue weighted by Gasteiger charge is 2.04. The molecule has 0 amide bonds. The Balaban J connectivity index is 2.12. The van der Waals surface area contributed by atoms with Gasteiger partial charge in [0.1, 0.15) is 0 Å². The summed E-state index contributed by atoms with van der Waals surface area (Å²) in [4.78, 5) is 11.6. The molecule has 0 aliphatic heterocycles. The van der Waals surface area contributed by atoms with E-state index in [4.69, 9.17) is 0 Å². The molecular weight excluding hydrogens is 232 g/mol. The van der Waals surface area contributed by atoms with Crippen LogP contribution in [0.3, 0.4) is 0 Å². The molecule has 0 aliphatic rings. The van der Waals surface area contributed by atoms with Crippen molar-refractivity contribution in [2.75, 3.05) is 6.54 Å². The van der Waals surface area contributed by atoms with E-state index in [-0.39, 0.29) is 4.87 Å². The molecule has 0 atom stereocenters. The van der Waals surface area contributed by atoms with Gasteiger partial charge >= 0.3 is 4.87 Å². The van der Waals surface area contributed by atoms with E-state index in [1.807, 2.05) is 13.1 Å². The predicted molar refractivity (Wildman–Crippen MR) is 73.7 cm³/mol. The number of thiazole rings is 1. The van der Waals surface area contributed by atoms with E-state index in [9.17, 15) is 4.79 Å². The Labute approximate surface area is 105 Å².